The van der Waals surface area contributed by atoms with Gasteiger partial charge in [-0.15, -0.1) is 0 Å². The van der Waals surface area contributed by atoms with Crippen molar-refractivity contribution in [2.45, 2.75) is 0 Å². The minimum atomic E-state index is -0.563. The summed E-state index contributed by atoms with van der Waals surface area (Å²) in [7, 11) is 0. The average Bonchev–Trinajstić information content (AvgIpc) is 2.32. The van der Waals surface area contributed by atoms with Gasteiger partial charge in [0.15, 0.2) is 0 Å². The Balaban J connectivity index is 2.22. The van der Waals surface area contributed by atoms with E-state index in [0.717, 1.165) is 0 Å². The molecule has 1 aromatic carbocycles. The van der Waals surface area contributed by atoms with Gasteiger partial charge in [0.1, 0.15) is 10.8 Å². The molecular formula is C11H6Cl2N2O3. The van der Waals surface area contributed by atoms with Crippen molar-refractivity contribution >= 4 is 28.9 Å². The van der Waals surface area contributed by atoms with Crippen molar-refractivity contribution in [3.8, 4) is 11.6 Å². The molecule has 0 unspecified atom stereocenters. The predicted octanol–water partition coefficient (Wildman–Crippen LogP) is 4.09. The zero-order valence-electron chi connectivity index (χ0n) is 8.84. The molecule has 0 atom stereocenters. The van der Waals surface area contributed by atoms with Gasteiger partial charge in [-0.25, -0.2) is 4.98 Å². The van der Waals surface area contributed by atoms with Crippen LogP contribution in [0.4, 0.5) is 5.69 Å². The highest BCUT2D eigenvalue weighted by Crippen LogP contribution is 2.30. The van der Waals surface area contributed by atoms with Crippen LogP contribution in [0.25, 0.3) is 0 Å². The number of ether oxygens (including phenoxy) is 1. The molecule has 2 aromatic rings. The van der Waals surface area contributed by atoms with Crippen LogP contribution in [0.5, 0.6) is 11.6 Å². The Hall–Kier alpha value is -1.85. The second kappa shape index (κ2) is 5.20. The lowest BCUT2D eigenvalue weighted by Gasteiger charge is -2.04. The number of rotatable bonds is 3. The zero-order chi connectivity index (χ0) is 13.1. The summed E-state index contributed by atoms with van der Waals surface area (Å²) in [6.07, 6.45) is 1.43. The van der Waals surface area contributed by atoms with Crippen molar-refractivity contribution in [2.75, 3.05) is 0 Å². The molecule has 5 nitrogen and oxygen atoms in total. The highest BCUT2D eigenvalue weighted by atomic mass is 35.5. The van der Waals surface area contributed by atoms with Gasteiger partial charge in [-0.05, 0) is 12.1 Å². The number of benzene rings is 1. The van der Waals surface area contributed by atoms with Gasteiger partial charge in [-0.2, -0.15) is 0 Å². The minimum absolute atomic E-state index is 0.00598. The number of nitro benzene ring substituents is 1. The molecule has 0 bridgehead atoms. The highest BCUT2D eigenvalue weighted by molar-refractivity contribution is 6.32. The number of nitro groups is 1. The van der Waals surface area contributed by atoms with Crippen LogP contribution in [-0.2, 0) is 0 Å². The summed E-state index contributed by atoms with van der Waals surface area (Å²) in [4.78, 5) is 13.9. The molecule has 0 N–H and O–H groups in total. The maximum absolute atomic E-state index is 10.6. The van der Waals surface area contributed by atoms with Crippen molar-refractivity contribution < 1.29 is 9.66 Å². The fourth-order valence-corrected chi connectivity index (χ4v) is 1.59. The summed E-state index contributed by atoms with van der Waals surface area (Å²) in [5.41, 5.74) is -0.173. The third-order valence-electron chi connectivity index (χ3n) is 2.04. The molecule has 0 aliphatic carbocycles. The van der Waals surface area contributed by atoms with E-state index in [1.54, 1.807) is 12.1 Å². The first kappa shape index (κ1) is 12.6. The van der Waals surface area contributed by atoms with Crippen LogP contribution in [0.2, 0.25) is 10.0 Å². The third kappa shape index (κ3) is 2.88. The van der Waals surface area contributed by atoms with E-state index in [4.69, 9.17) is 27.9 Å². The topological polar surface area (TPSA) is 65.3 Å². The van der Waals surface area contributed by atoms with Crippen LogP contribution in [0.15, 0.2) is 36.5 Å². The largest absolute Gasteiger partial charge is 0.439 e. The Morgan fingerprint density at radius 1 is 1.22 bits per heavy atom. The Labute approximate surface area is 112 Å². The van der Waals surface area contributed by atoms with Crippen molar-refractivity contribution in [1.82, 2.24) is 4.98 Å². The van der Waals surface area contributed by atoms with Crippen molar-refractivity contribution in [1.29, 1.82) is 0 Å². The molecule has 1 heterocycles. The number of halogens is 2. The summed E-state index contributed by atoms with van der Waals surface area (Å²) in [6.45, 7) is 0. The molecule has 18 heavy (non-hydrogen) atoms. The number of aromatic nitrogens is 1. The Kier molecular flexibility index (Phi) is 3.64. The summed E-state index contributed by atoms with van der Waals surface area (Å²) < 4.78 is 5.37. The zero-order valence-corrected chi connectivity index (χ0v) is 10.4. The van der Waals surface area contributed by atoms with Gasteiger partial charge in [0.2, 0.25) is 5.88 Å². The molecule has 2 rings (SSSR count). The van der Waals surface area contributed by atoms with E-state index in [2.05, 4.69) is 4.98 Å². The molecule has 0 aliphatic heterocycles. The standard InChI is InChI=1S/C11H6Cl2N2O3/c12-7-1-4-11(14-6-7)18-8-2-3-10(15(16)17)9(13)5-8/h1-6H. The van der Waals surface area contributed by atoms with Gasteiger partial charge in [0.05, 0.1) is 9.95 Å². The summed E-state index contributed by atoms with van der Waals surface area (Å²) in [5.74, 6) is 0.685. The van der Waals surface area contributed by atoms with E-state index in [9.17, 15) is 10.1 Å². The normalized spacial score (nSPS) is 10.1. The molecule has 92 valence electrons. The van der Waals surface area contributed by atoms with Gasteiger partial charge < -0.3 is 4.74 Å². The highest BCUT2D eigenvalue weighted by Gasteiger charge is 2.12. The first-order valence-corrected chi connectivity index (χ1v) is 5.55. The van der Waals surface area contributed by atoms with Crippen LogP contribution < -0.4 is 4.74 Å². The van der Waals surface area contributed by atoms with Gasteiger partial charge in [0, 0.05) is 24.4 Å². The second-order valence-corrected chi connectivity index (χ2v) is 4.13. The molecule has 0 aliphatic rings. The lowest BCUT2D eigenvalue weighted by molar-refractivity contribution is -0.384. The van der Waals surface area contributed by atoms with E-state index in [0.29, 0.717) is 16.7 Å². The molecule has 0 amide bonds. The minimum Gasteiger partial charge on any atom is -0.439 e. The van der Waals surface area contributed by atoms with Gasteiger partial charge in [-0.1, -0.05) is 23.2 Å². The number of hydrogen-bond donors (Lipinski definition) is 0. The summed E-state index contributed by atoms with van der Waals surface area (Å²) >= 11 is 11.4. The Morgan fingerprint density at radius 3 is 2.56 bits per heavy atom. The van der Waals surface area contributed by atoms with E-state index in [-0.39, 0.29) is 10.7 Å². The quantitative estimate of drug-likeness (QED) is 0.629. The van der Waals surface area contributed by atoms with Crippen LogP contribution in [0.3, 0.4) is 0 Å². The van der Waals surface area contributed by atoms with Crippen molar-refractivity contribution in [2.24, 2.45) is 0 Å². The fraction of sp³-hybridized carbons (Fsp3) is 0. The monoisotopic (exact) mass is 284 g/mol. The van der Waals surface area contributed by atoms with E-state index >= 15 is 0 Å². The van der Waals surface area contributed by atoms with Crippen LogP contribution >= 0.6 is 23.2 Å². The van der Waals surface area contributed by atoms with Crippen LogP contribution in [0.1, 0.15) is 0 Å². The van der Waals surface area contributed by atoms with Crippen molar-refractivity contribution in [3.63, 3.8) is 0 Å². The maximum Gasteiger partial charge on any atom is 0.288 e. The lowest BCUT2D eigenvalue weighted by Crippen LogP contribution is -1.91. The number of pyridine rings is 1. The van der Waals surface area contributed by atoms with E-state index in [1.807, 2.05) is 0 Å². The second-order valence-electron chi connectivity index (χ2n) is 3.29. The van der Waals surface area contributed by atoms with Gasteiger partial charge in [0.25, 0.3) is 5.69 Å². The van der Waals surface area contributed by atoms with Crippen molar-refractivity contribution in [3.05, 3.63) is 56.7 Å². The molecule has 0 fully saturated rings. The molecule has 0 spiro atoms. The molecule has 0 saturated heterocycles. The number of hydrogen-bond acceptors (Lipinski definition) is 4. The average molecular weight is 285 g/mol. The first-order valence-electron chi connectivity index (χ1n) is 4.79. The Bertz CT molecular complexity index is 587. The van der Waals surface area contributed by atoms with Crippen LogP contribution in [0, 0.1) is 10.1 Å². The Morgan fingerprint density at radius 2 is 2.00 bits per heavy atom. The molecule has 1 aromatic heterocycles. The summed E-state index contributed by atoms with van der Waals surface area (Å²) in [6, 6.07) is 7.28. The van der Waals surface area contributed by atoms with Gasteiger partial charge in [-0.3, -0.25) is 10.1 Å². The van der Waals surface area contributed by atoms with E-state index < -0.39 is 4.92 Å². The summed E-state index contributed by atoms with van der Waals surface area (Å²) in [5, 5.41) is 11.1. The predicted molar refractivity (Wildman–Crippen MR) is 67.4 cm³/mol. The molecule has 0 radical (unpaired) electrons. The SMILES string of the molecule is O=[N+]([O-])c1ccc(Oc2ccc(Cl)cn2)cc1Cl. The third-order valence-corrected chi connectivity index (χ3v) is 2.56. The fourth-order valence-electron chi connectivity index (χ4n) is 1.24. The first-order chi connectivity index (χ1) is 8.56. The smallest absolute Gasteiger partial charge is 0.288 e. The molecular weight excluding hydrogens is 279 g/mol. The number of nitrogens with zero attached hydrogens (tertiary/aromatic N) is 2. The molecule has 0 saturated carbocycles. The van der Waals surface area contributed by atoms with Gasteiger partial charge >= 0.3 is 0 Å². The lowest BCUT2D eigenvalue weighted by atomic mass is 10.3. The maximum atomic E-state index is 10.6. The van der Waals surface area contributed by atoms with E-state index in [1.165, 1.54) is 24.4 Å². The molecule has 7 heteroatoms. The van der Waals surface area contributed by atoms with Crippen LogP contribution in [-0.4, -0.2) is 9.91 Å².